The van der Waals surface area contributed by atoms with Crippen molar-refractivity contribution in [1.82, 2.24) is 5.32 Å². The quantitative estimate of drug-likeness (QED) is 0.271. The van der Waals surface area contributed by atoms with Crippen LogP contribution in [-0.4, -0.2) is 40.3 Å². The molecule has 28 heavy (non-hydrogen) atoms. The lowest BCUT2D eigenvalue weighted by Crippen LogP contribution is -2.37. The maximum absolute atomic E-state index is 12.7. The van der Waals surface area contributed by atoms with Gasteiger partial charge in [0.05, 0.1) is 0 Å². The van der Waals surface area contributed by atoms with Crippen LogP contribution in [0.4, 0.5) is 0 Å². The Hall–Kier alpha value is -1.73. The van der Waals surface area contributed by atoms with Crippen molar-refractivity contribution in [1.29, 1.82) is 0 Å². The molecule has 8 nitrogen and oxygen atoms in total. The molecule has 1 aromatic rings. The fourth-order valence-electron chi connectivity index (χ4n) is 2.70. The second kappa shape index (κ2) is 12.7. The van der Waals surface area contributed by atoms with Gasteiger partial charge in [-0.1, -0.05) is 43.7 Å². The molecule has 0 aliphatic rings. The molecular formula is C19H31N2O6P. The van der Waals surface area contributed by atoms with Crippen molar-refractivity contribution >= 4 is 19.5 Å². The van der Waals surface area contributed by atoms with Gasteiger partial charge >= 0.3 is 13.6 Å². The van der Waals surface area contributed by atoms with Crippen LogP contribution in [0.1, 0.15) is 51.0 Å². The van der Waals surface area contributed by atoms with E-state index < -0.39 is 25.5 Å². The molecule has 3 atom stereocenters. The van der Waals surface area contributed by atoms with E-state index in [4.69, 9.17) is 10.3 Å². The van der Waals surface area contributed by atoms with Gasteiger partial charge in [0.25, 0.3) is 0 Å². The standard InChI is InChI=1S/C19H31N2O6P/c1-2-8-18(21-17(22)13-12-15-9-4-3-5-10-15)28(25,26)27-16(19(23)24)11-6-7-14-20/h3-5,9-10,16,18H,2,6-8,11-14,20H2,1H3,(H,21,22)(H,23,24)(H,25,26)/t16-,18?/m1/s1. The van der Waals surface area contributed by atoms with E-state index in [-0.39, 0.29) is 25.2 Å². The summed E-state index contributed by atoms with van der Waals surface area (Å²) in [6.07, 6.45) is 1.12. The van der Waals surface area contributed by atoms with Crippen molar-refractivity contribution in [2.75, 3.05) is 6.54 Å². The number of carboxylic acid groups (broad SMARTS) is 1. The topological polar surface area (TPSA) is 139 Å². The summed E-state index contributed by atoms with van der Waals surface area (Å²) in [6, 6.07) is 9.43. The van der Waals surface area contributed by atoms with Crippen LogP contribution in [0, 0.1) is 0 Å². The van der Waals surface area contributed by atoms with Gasteiger partial charge in [0.1, 0.15) is 5.78 Å². The van der Waals surface area contributed by atoms with Gasteiger partial charge in [0.15, 0.2) is 6.10 Å². The molecule has 0 bridgehead atoms. The highest BCUT2D eigenvalue weighted by molar-refractivity contribution is 7.53. The molecule has 0 saturated heterocycles. The maximum atomic E-state index is 12.7. The number of carbonyl (C=O) groups excluding carboxylic acids is 1. The van der Waals surface area contributed by atoms with E-state index in [1.165, 1.54) is 0 Å². The van der Waals surface area contributed by atoms with Gasteiger partial charge < -0.3 is 21.1 Å². The minimum absolute atomic E-state index is 0.0812. The lowest BCUT2D eigenvalue weighted by Gasteiger charge is -2.26. The lowest BCUT2D eigenvalue weighted by atomic mass is 10.1. The van der Waals surface area contributed by atoms with E-state index in [9.17, 15) is 24.2 Å². The molecule has 0 aromatic heterocycles. The average Bonchev–Trinajstić information content (AvgIpc) is 2.66. The molecule has 1 rings (SSSR count). The molecule has 5 N–H and O–H groups in total. The van der Waals surface area contributed by atoms with Crippen LogP contribution < -0.4 is 11.1 Å². The van der Waals surface area contributed by atoms with Crippen molar-refractivity contribution in [3.8, 4) is 0 Å². The van der Waals surface area contributed by atoms with Gasteiger partial charge in [-0.15, -0.1) is 0 Å². The van der Waals surface area contributed by atoms with E-state index in [1.807, 2.05) is 30.3 Å². The Bertz CT molecular complexity index is 655. The molecule has 0 aliphatic carbocycles. The number of amides is 1. The zero-order chi connectivity index (χ0) is 21.0. The van der Waals surface area contributed by atoms with E-state index in [2.05, 4.69) is 5.32 Å². The van der Waals surface area contributed by atoms with Crippen molar-refractivity contribution in [2.45, 2.75) is 63.8 Å². The van der Waals surface area contributed by atoms with Crippen LogP contribution in [0.2, 0.25) is 0 Å². The summed E-state index contributed by atoms with van der Waals surface area (Å²) in [5.41, 5.74) is 6.38. The smallest absolute Gasteiger partial charge is 0.351 e. The molecule has 0 heterocycles. The number of benzene rings is 1. The monoisotopic (exact) mass is 414 g/mol. The lowest BCUT2D eigenvalue weighted by molar-refractivity contribution is -0.145. The molecular weight excluding hydrogens is 383 g/mol. The van der Waals surface area contributed by atoms with Gasteiger partial charge in [-0.05, 0) is 44.2 Å². The number of hydrogen-bond acceptors (Lipinski definition) is 5. The van der Waals surface area contributed by atoms with E-state index in [1.54, 1.807) is 6.92 Å². The van der Waals surface area contributed by atoms with Gasteiger partial charge in [0.2, 0.25) is 5.91 Å². The van der Waals surface area contributed by atoms with E-state index in [0.717, 1.165) is 5.56 Å². The first kappa shape index (κ1) is 24.3. The fraction of sp³-hybridized carbons (Fsp3) is 0.579. The number of aliphatic carboxylic acids is 1. The summed E-state index contributed by atoms with van der Waals surface area (Å²) < 4.78 is 17.8. The first-order valence-corrected chi connectivity index (χ1v) is 11.2. The number of hydrogen-bond donors (Lipinski definition) is 4. The van der Waals surface area contributed by atoms with E-state index >= 15 is 0 Å². The van der Waals surface area contributed by atoms with Gasteiger partial charge in [-0.25, -0.2) is 4.79 Å². The predicted octanol–water partition coefficient (Wildman–Crippen LogP) is 2.65. The summed E-state index contributed by atoms with van der Waals surface area (Å²) in [6.45, 7) is 2.21. The third kappa shape index (κ3) is 8.97. The fourth-order valence-corrected chi connectivity index (χ4v) is 4.30. The molecule has 9 heteroatoms. The van der Waals surface area contributed by atoms with Crippen molar-refractivity contribution in [3.05, 3.63) is 35.9 Å². The highest BCUT2D eigenvalue weighted by Gasteiger charge is 2.37. The molecule has 2 unspecified atom stereocenters. The first-order chi connectivity index (χ1) is 13.3. The van der Waals surface area contributed by atoms with Gasteiger partial charge in [-0.3, -0.25) is 13.9 Å². The third-order valence-electron chi connectivity index (χ3n) is 4.24. The van der Waals surface area contributed by atoms with E-state index in [0.29, 0.717) is 32.2 Å². The SMILES string of the molecule is CCCC(NC(=O)CCc1ccccc1)P(=O)(O)O[C@H](CCCCN)C(=O)O. The molecule has 0 aliphatic heterocycles. The Balaban J connectivity index is 2.70. The predicted molar refractivity (Wildman–Crippen MR) is 107 cm³/mol. The first-order valence-electron chi connectivity index (χ1n) is 9.57. The minimum Gasteiger partial charge on any atom is -0.479 e. The number of carboxylic acids is 1. The second-order valence-corrected chi connectivity index (χ2v) is 8.60. The molecule has 1 aromatic carbocycles. The van der Waals surface area contributed by atoms with Crippen LogP contribution in [0.5, 0.6) is 0 Å². The molecule has 0 fully saturated rings. The van der Waals surface area contributed by atoms with Crippen molar-refractivity contribution in [2.24, 2.45) is 5.73 Å². The second-order valence-electron chi connectivity index (χ2n) is 6.64. The number of aryl methyl sites for hydroxylation is 1. The van der Waals surface area contributed by atoms with Crippen molar-refractivity contribution < 1.29 is 28.7 Å². The Morgan fingerprint density at radius 2 is 1.89 bits per heavy atom. The average molecular weight is 414 g/mol. The number of rotatable bonds is 14. The molecule has 0 saturated carbocycles. The Morgan fingerprint density at radius 1 is 1.21 bits per heavy atom. The maximum Gasteiger partial charge on any atom is 0.351 e. The zero-order valence-electron chi connectivity index (χ0n) is 16.3. The summed E-state index contributed by atoms with van der Waals surface area (Å²) in [5.74, 6) is -2.83. The van der Waals surface area contributed by atoms with Crippen LogP contribution in [0.25, 0.3) is 0 Å². The molecule has 0 spiro atoms. The van der Waals surface area contributed by atoms with Gasteiger partial charge in [-0.2, -0.15) is 0 Å². The van der Waals surface area contributed by atoms with Crippen LogP contribution in [0.3, 0.4) is 0 Å². The molecule has 1 amide bonds. The Morgan fingerprint density at radius 3 is 2.46 bits per heavy atom. The van der Waals surface area contributed by atoms with Crippen LogP contribution >= 0.6 is 7.60 Å². The summed E-state index contributed by atoms with van der Waals surface area (Å²) in [7, 11) is -4.37. The highest BCUT2D eigenvalue weighted by Crippen LogP contribution is 2.49. The molecule has 158 valence electrons. The highest BCUT2D eigenvalue weighted by atomic mass is 31.2. The van der Waals surface area contributed by atoms with Crippen LogP contribution in [-0.2, 0) is 25.1 Å². The number of carbonyl (C=O) groups is 2. The third-order valence-corrected chi connectivity index (χ3v) is 5.97. The minimum atomic E-state index is -4.37. The normalized spacial score (nSPS) is 15.4. The van der Waals surface area contributed by atoms with Crippen molar-refractivity contribution in [3.63, 3.8) is 0 Å². The van der Waals surface area contributed by atoms with Crippen LogP contribution in [0.15, 0.2) is 30.3 Å². The van der Waals surface area contributed by atoms with Gasteiger partial charge in [0, 0.05) is 6.42 Å². The summed E-state index contributed by atoms with van der Waals surface area (Å²) in [4.78, 5) is 34.0. The number of unbranched alkanes of at least 4 members (excludes halogenated alkanes) is 1. The summed E-state index contributed by atoms with van der Waals surface area (Å²) >= 11 is 0. The zero-order valence-corrected chi connectivity index (χ0v) is 17.1. The number of nitrogens with two attached hydrogens (primary N) is 1. The number of nitrogens with one attached hydrogen (secondary N) is 1. The Kier molecular flexibility index (Phi) is 11.0. The summed E-state index contributed by atoms with van der Waals surface area (Å²) in [5, 5.41) is 11.8. The Labute approximate surface area is 166 Å². The largest absolute Gasteiger partial charge is 0.479 e. The molecule has 0 radical (unpaired) electrons.